The van der Waals surface area contributed by atoms with Gasteiger partial charge in [-0.15, -0.1) is 0 Å². The first-order chi connectivity index (χ1) is 9.24. The number of anilines is 1. The van der Waals surface area contributed by atoms with Gasteiger partial charge in [-0.25, -0.2) is 0 Å². The lowest BCUT2D eigenvalue weighted by Crippen LogP contribution is -2.01. The van der Waals surface area contributed by atoms with Gasteiger partial charge in [-0.1, -0.05) is 18.2 Å². The van der Waals surface area contributed by atoms with Gasteiger partial charge in [0.1, 0.15) is 0 Å². The van der Waals surface area contributed by atoms with Crippen molar-refractivity contribution < 1.29 is 0 Å². The van der Waals surface area contributed by atoms with Crippen molar-refractivity contribution in [1.29, 1.82) is 0 Å². The fourth-order valence-electron chi connectivity index (χ4n) is 2.20. The fourth-order valence-corrected chi connectivity index (χ4v) is 2.20. The molecular formula is C15H16N4. The van der Waals surface area contributed by atoms with Gasteiger partial charge in [0.15, 0.2) is 0 Å². The number of fused-ring (bicyclic) bond motifs is 1. The maximum atomic E-state index is 4.54. The second-order valence-corrected chi connectivity index (χ2v) is 4.70. The molecule has 3 rings (SSSR count). The highest BCUT2D eigenvalue weighted by Crippen LogP contribution is 2.23. The van der Waals surface area contributed by atoms with Gasteiger partial charge in [-0.05, 0) is 26.0 Å². The number of pyridine rings is 1. The predicted octanol–water partition coefficient (Wildman–Crippen LogP) is 3.19. The third-order valence-electron chi connectivity index (χ3n) is 3.25. The Labute approximate surface area is 111 Å². The minimum Gasteiger partial charge on any atom is -0.380 e. The Morgan fingerprint density at radius 1 is 1.21 bits per heavy atom. The van der Waals surface area contributed by atoms with Crippen LogP contribution < -0.4 is 5.32 Å². The molecule has 0 aliphatic heterocycles. The number of hydrogen-bond acceptors (Lipinski definition) is 3. The maximum absolute atomic E-state index is 4.54. The van der Waals surface area contributed by atoms with E-state index in [4.69, 9.17) is 0 Å². The summed E-state index contributed by atoms with van der Waals surface area (Å²) in [5.41, 5.74) is 5.43. The van der Waals surface area contributed by atoms with Crippen LogP contribution in [0.25, 0.3) is 10.9 Å². The summed E-state index contributed by atoms with van der Waals surface area (Å²) in [7, 11) is 0. The van der Waals surface area contributed by atoms with Gasteiger partial charge in [0, 0.05) is 34.6 Å². The Morgan fingerprint density at radius 2 is 2.05 bits per heavy atom. The number of rotatable bonds is 3. The molecule has 0 aliphatic rings. The lowest BCUT2D eigenvalue weighted by atomic mass is 10.1. The standard InChI is InChI=1S/C15H16N4/c1-10-7-15(13-5-3-4-6-14(13)18-10)16-8-12-9-17-19-11(12)2/h3-7,9H,8H2,1-2H3,(H,16,18)(H,17,19). The summed E-state index contributed by atoms with van der Waals surface area (Å²) in [6.07, 6.45) is 1.86. The number of para-hydroxylation sites is 1. The summed E-state index contributed by atoms with van der Waals surface area (Å²) >= 11 is 0. The number of aryl methyl sites for hydroxylation is 2. The zero-order chi connectivity index (χ0) is 13.2. The van der Waals surface area contributed by atoms with Gasteiger partial charge in [-0.3, -0.25) is 10.1 Å². The summed E-state index contributed by atoms with van der Waals surface area (Å²) in [5, 5.41) is 11.6. The molecule has 19 heavy (non-hydrogen) atoms. The Morgan fingerprint density at radius 3 is 2.84 bits per heavy atom. The molecule has 0 radical (unpaired) electrons. The molecule has 0 aliphatic carbocycles. The lowest BCUT2D eigenvalue weighted by Gasteiger charge is -2.10. The molecule has 1 aromatic carbocycles. The fraction of sp³-hybridized carbons (Fsp3) is 0.200. The smallest absolute Gasteiger partial charge is 0.0725 e. The van der Waals surface area contributed by atoms with Crippen molar-refractivity contribution in [3.05, 3.63) is 53.5 Å². The lowest BCUT2D eigenvalue weighted by molar-refractivity contribution is 1.04. The third-order valence-corrected chi connectivity index (χ3v) is 3.25. The number of aromatic nitrogens is 3. The number of aromatic amines is 1. The molecule has 0 saturated carbocycles. The van der Waals surface area contributed by atoms with Gasteiger partial charge >= 0.3 is 0 Å². The SMILES string of the molecule is Cc1cc(NCc2cn[nH]c2C)c2ccccc2n1. The van der Waals surface area contributed by atoms with E-state index in [1.54, 1.807) is 0 Å². The first-order valence-electron chi connectivity index (χ1n) is 6.33. The molecule has 96 valence electrons. The maximum Gasteiger partial charge on any atom is 0.0725 e. The van der Waals surface area contributed by atoms with E-state index >= 15 is 0 Å². The molecule has 2 N–H and O–H groups in total. The Balaban J connectivity index is 1.94. The first kappa shape index (κ1) is 11.7. The number of hydrogen-bond donors (Lipinski definition) is 2. The summed E-state index contributed by atoms with van der Waals surface area (Å²) in [6.45, 7) is 4.80. The number of H-pyrrole nitrogens is 1. The molecule has 0 saturated heterocycles. The highest BCUT2D eigenvalue weighted by molar-refractivity contribution is 5.91. The van der Waals surface area contributed by atoms with E-state index in [9.17, 15) is 0 Å². The topological polar surface area (TPSA) is 53.6 Å². The minimum atomic E-state index is 0.760. The van der Waals surface area contributed by atoms with E-state index < -0.39 is 0 Å². The quantitative estimate of drug-likeness (QED) is 0.752. The predicted molar refractivity (Wildman–Crippen MR) is 77.1 cm³/mol. The highest BCUT2D eigenvalue weighted by Gasteiger charge is 2.05. The monoisotopic (exact) mass is 252 g/mol. The van der Waals surface area contributed by atoms with Crippen molar-refractivity contribution in [3.63, 3.8) is 0 Å². The van der Waals surface area contributed by atoms with Gasteiger partial charge in [0.05, 0.1) is 11.7 Å². The summed E-state index contributed by atoms with van der Waals surface area (Å²) < 4.78 is 0. The first-order valence-corrected chi connectivity index (χ1v) is 6.33. The van der Waals surface area contributed by atoms with Gasteiger partial charge in [0.2, 0.25) is 0 Å². The summed E-state index contributed by atoms with van der Waals surface area (Å²) in [6, 6.07) is 10.3. The van der Waals surface area contributed by atoms with Crippen LogP contribution in [-0.4, -0.2) is 15.2 Å². The second-order valence-electron chi connectivity index (χ2n) is 4.70. The van der Waals surface area contributed by atoms with Gasteiger partial charge in [0.25, 0.3) is 0 Å². The number of nitrogens with one attached hydrogen (secondary N) is 2. The average Bonchev–Trinajstić information content (AvgIpc) is 2.81. The van der Waals surface area contributed by atoms with E-state index in [1.165, 1.54) is 5.56 Å². The van der Waals surface area contributed by atoms with Crippen molar-refractivity contribution in [2.24, 2.45) is 0 Å². The molecule has 0 spiro atoms. The molecule has 0 amide bonds. The minimum absolute atomic E-state index is 0.760. The molecule has 0 bridgehead atoms. The molecule has 4 nitrogen and oxygen atoms in total. The van der Waals surface area contributed by atoms with E-state index in [2.05, 4.69) is 32.6 Å². The Hall–Kier alpha value is -2.36. The van der Waals surface area contributed by atoms with Crippen LogP contribution >= 0.6 is 0 Å². The zero-order valence-electron chi connectivity index (χ0n) is 11.1. The van der Waals surface area contributed by atoms with Crippen molar-refractivity contribution in [1.82, 2.24) is 15.2 Å². The molecule has 4 heteroatoms. The molecule has 0 unspecified atom stereocenters. The highest BCUT2D eigenvalue weighted by atomic mass is 15.1. The summed E-state index contributed by atoms with van der Waals surface area (Å²) in [5.74, 6) is 0. The average molecular weight is 252 g/mol. The second kappa shape index (κ2) is 4.72. The van der Waals surface area contributed by atoms with E-state index in [1.807, 2.05) is 38.2 Å². The normalized spacial score (nSPS) is 10.8. The van der Waals surface area contributed by atoms with Crippen molar-refractivity contribution in [2.75, 3.05) is 5.32 Å². The molecule has 0 atom stereocenters. The Kier molecular flexibility index (Phi) is 2.91. The molecular weight excluding hydrogens is 236 g/mol. The van der Waals surface area contributed by atoms with E-state index in [0.29, 0.717) is 0 Å². The van der Waals surface area contributed by atoms with Crippen molar-refractivity contribution in [2.45, 2.75) is 20.4 Å². The molecule has 2 aromatic heterocycles. The van der Waals surface area contributed by atoms with Crippen LogP contribution in [0, 0.1) is 13.8 Å². The number of nitrogens with zero attached hydrogens (tertiary/aromatic N) is 2. The number of benzene rings is 1. The third kappa shape index (κ3) is 2.29. The van der Waals surface area contributed by atoms with Gasteiger partial charge < -0.3 is 5.32 Å². The zero-order valence-corrected chi connectivity index (χ0v) is 11.1. The molecule has 2 heterocycles. The van der Waals surface area contributed by atoms with Crippen LogP contribution in [0.1, 0.15) is 17.0 Å². The van der Waals surface area contributed by atoms with Crippen LogP contribution in [-0.2, 0) is 6.54 Å². The van der Waals surface area contributed by atoms with Crippen LogP contribution in [0.5, 0.6) is 0 Å². The summed E-state index contributed by atoms with van der Waals surface area (Å²) in [4.78, 5) is 4.54. The van der Waals surface area contributed by atoms with E-state index in [-0.39, 0.29) is 0 Å². The van der Waals surface area contributed by atoms with Crippen molar-refractivity contribution >= 4 is 16.6 Å². The van der Waals surface area contributed by atoms with Crippen LogP contribution in [0.2, 0.25) is 0 Å². The van der Waals surface area contributed by atoms with Crippen molar-refractivity contribution in [3.8, 4) is 0 Å². The van der Waals surface area contributed by atoms with Crippen LogP contribution in [0.3, 0.4) is 0 Å². The molecule has 0 fully saturated rings. The van der Waals surface area contributed by atoms with Gasteiger partial charge in [-0.2, -0.15) is 5.10 Å². The largest absolute Gasteiger partial charge is 0.380 e. The van der Waals surface area contributed by atoms with Crippen LogP contribution in [0.4, 0.5) is 5.69 Å². The van der Waals surface area contributed by atoms with E-state index in [0.717, 1.165) is 34.5 Å². The van der Waals surface area contributed by atoms with Crippen LogP contribution in [0.15, 0.2) is 36.5 Å². The molecule has 3 aromatic rings. The Bertz CT molecular complexity index is 715.